The fourth-order valence-electron chi connectivity index (χ4n) is 2.48. The molecule has 2 rings (SSSR count). The molecule has 106 valence electrons. The Hall–Kier alpha value is -1.22. The number of ether oxygens (including phenoxy) is 2. The SMILES string of the molecule is CCCOc1ccc(CNC)c(OC2CCCC2)c1. The summed E-state index contributed by atoms with van der Waals surface area (Å²) in [6.07, 6.45) is 6.35. The maximum Gasteiger partial charge on any atom is 0.127 e. The molecule has 3 nitrogen and oxygen atoms in total. The molecule has 0 amide bonds. The summed E-state index contributed by atoms with van der Waals surface area (Å²) in [5, 5.41) is 3.19. The van der Waals surface area contributed by atoms with E-state index in [-0.39, 0.29) is 0 Å². The molecule has 1 aromatic carbocycles. The zero-order valence-corrected chi connectivity index (χ0v) is 12.1. The first kappa shape index (κ1) is 14.2. The van der Waals surface area contributed by atoms with Gasteiger partial charge in [-0.15, -0.1) is 0 Å². The van der Waals surface area contributed by atoms with Gasteiger partial charge in [0, 0.05) is 18.2 Å². The summed E-state index contributed by atoms with van der Waals surface area (Å²) >= 11 is 0. The number of hydrogen-bond acceptors (Lipinski definition) is 3. The van der Waals surface area contributed by atoms with E-state index in [1.165, 1.54) is 31.2 Å². The lowest BCUT2D eigenvalue weighted by molar-refractivity contribution is 0.206. The average molecular weight is 263 g/mol. The summed E-state index contributed by atoms with van der Waals surface area (Å²) in [5.41, 5.74) is 1.21. The maximum atomic E-state index is 6.16. The quantitative estimate of drug-likeness (QED) is 0.816. The molecule has 0 bridgehead atoms. The molecule has 1 fully saturated rings. The van der Waals surface area contributed by atoms with Gasteiger partial charge in [-0.1, -0.05) is 13.0 Å². The molecule has 0 unspecified atom stereocenters. The van der Waals surface area contributed by atoms with E-state index in [1.54, 1.807) is 0 Å². The van der Waals surface area contributed by atoms with Gasteiger partial charge in [-0.05, 0) is 45.2 Å². The van der Waals surface area contributed by atoms with Gasteiger partial charge < -0.3 is 14.8 Å². The largest absolute Gasteiger partial charge is 0.493 e. The van der Waals surface area contributed by atoms with Gasteiger partial charge in [0.1, 0.15) is 11.5 Å². The van der Waals surface area contributed by atoms with Crippen molar-refractivity contribution in [3.63, 3.8) is 0 Å². The molecular formula is C16H25NO2. The number of rotatable bonds is 7. The van der Waals surface area contributed by atoms with Crippen LogP contribution in [0.4, 0.5) is 0 Å². The van der Waals surface area contributed by atoms with Crippen molar-refractivity contribution in [3.8, 4) is 11.5 Å². The van der Waals surface area contributed by atoms with Gasteiger partial charge in [-0.3, -0.25) is 0 Å². The van der Waals surface area contributed by atoms with Gasteiger partial charge in [0.2, 0.25) is 0 Å². The van der Waals surface area contributed by atoms with E-state index in [0.717, 1.165) is 31.1 Å². The van der Waals surface area contributed by atoms with Crippen LogP contribution in [0.2, 0.25) is 0 Å². The molecule has 0 aliphatic heterocycles. The third-order valence-electron chi connectivity index (χ3n) is 3.47. The Morgan fingerprint density at radius 3 is 2.74 bits per heavy atom. The van der Waals surface area contributed by atoms with Gasteiger partial charge in [0.05, 0.1) is 12.7 Å². The van der Waals surface area contributed by atoms with Crippen molar-refractivity contribution in [2.24, 2.45) is 0 Å². The van der Waals surface area contributed by atoms with Crippen LogP contribution in [-0.4, -0.2) is 19.8 Å². The predicted octanol–water partition coefficient (Wildman–Crippen LogP) is 3.52. The summed E-state index contributed by atoms with van der Waals surface area (Å²) in [7, 11) is 1.96. The first-order chi connectivity index (χ1) is 9.33. The van der Waals surface area contributed by atoms with Crippen LogP contribution in [-0.2, 0) is 6.54 Å². The first-order valence-corrected chi connectivity index (χ1v) is 7.40. The Kier molecular flexibility index (Phi) is 5.52. The summed E-state index contributed by atoms with van der Waals surface area (Å²) in [4.78, 5) is 0. The van der Waals surface area contributed by atoms with Gasteiger partial charge >= 0.3 is 0 Å². The lowest BCUT2D eigenvalue weighted by atomic mass is 10.2. The molecule has 1 aromatic rings. The van der Waals surface area contributed by atoms with Crippen LogP contribution >= 0.6 is 0 Å². The van der Waals surface area contributed by atoms with Crippen LogP contribution in [0.5, 0.6) is 11.5 Å². The Morgan fingerprint density at radius 1 is 1.26 bits per heavy atom. The third kappa shape index (κ3) is 4.13. The highest BCUT2D eigenvalue weighted by atomic mass is 16.5. The zero-order chi connectivity index (χ0) is 13.5. The van der Waals surface area contributed by atoms with Crippen LogP contribution in [0.25, 0.3) is 0 Å². The summed E-state index contributed by atoms with van der Waals surface area (Å²) < 4.78 is 11.9. The zero-order valence-electron chi connectivity index (χ0n) is 12.1. The highest BCUT2D eigenvalue weighted by molar-refractivity contribution is 5.41. The molecule has 0 spiro atoms. The molecule has 1 aliphatic rings. The normalized spacial score (nSPS) is 15.7. The molecule has 0 heterocycles. The van der Waals surface area contributed by atoms with E-state index in [2.05, 4.69) is 18.3 Å². The number of benzene rings is 1. The van der Waals surface area contributed by atoms with Crippen LogP contribution < -0.4 is 14.8 Å². The van der Waals surface area contributed by atoms with Crippen molar-refractivity contribution < 1.29 is 9.47 Å². The van der Waals surface area contributed by atoms with E-state index < -0.39 is 0 Å². The van der Waals surface area contributed by atoms with Crippen molar-refractivity contribution in [3.05, 3.63) is 23.8 Å². The van der Waals surface area contributed by atoms with E-state index in [4.69, 9.17) is 9.47 Å². The Bertz CT molecular complexity index is 386. The fraction of sp³-hybridized carbons (Fsp3) is 0.625. The molecule has 1 aliphatic carbocycles. The molecule has 0 atom stereocenters. The van der Waals surface area contributed by atoms with Crippen molar-refractivity contribution in [2.45, 2.75) is 51.7 Å². The summed E-state index contributed by atoms with van der Waals surface area (Å²) in [6.45, 7) is 3.70. The van der Waals surface area contributed by atoms with E-state index in [9.17, 15) is 0 Å². The average Bonchev–Trinajstić information content (AvgIpc) is 2.92. The second kappa shape index (κ2) is 7.39. The highest BCUT2D eigenvalue weighted by Gasteiger charge is 2.18. The monoisotopic (exact) mass is 263 g/mol. The smallest absolute Gasteiger partial charge is 0.127 e. The van der Waals surface area contributed by atoms with E-state index in [1.807, 2.05) is 19.2 Å². The summed E-state index contributed by atoms with van der Waals surface area (Å²) in [6, 6.07) is 6.18. The third-order valence-corrected chi connectivity index (χ3v) is 3.47. The maximum absolute atomic E-state index is 6.16. The molecule has 1 saturated carbocycles. The predicted molar refractivity (Wildman–Crippen MR) is 77.9 cm³/mol. The van der Waals surface area contributed by atoms with Crippen molar-refractivity contribution in [2.75, 3.05) is 13.7 Å². The molecule has 1 N–H and O–H groups in total. The van der Waals surface area contributed by atoms with Gasteiger partial charge in [-0.2, -0.15) is 0 Å². The topological polar surface area (TPSA) is 30.5 Å². The van der Waals surface area contributed by atoms with Crippen LogP contribution in [0.15, 0.2) is 18.2 Å². The minimum atomic E-state index is 0.386. The standard InChI is InChI=1S/C16H25NO2/c1-3-10-18-15-9-8-13(12-17-2)16(11-15)19-14-6-4-5-7-14/h8-9,11,14,17H,3-7,10,12H2,1-2H3. The minimum Gasteiger partial charge on any atom is -0.493 e. The molecule has 19 heavy (non-hydrogen) atoms. The number of nitrogens with one attached hydrogen (secondary N) is 1. The molecule has 0 saturated heterocycles. The lowest BCUT2D eigenvalue weighted by Crippen LogP contribution is -2.14. The Labute approximate surface area is 116 Å². The molecular weight excluding hydrogens is 238 g/mol. The van der Waals surface area contributed by atoms with Crippen LogP contribution in [0.3, 0.4) is 0 Å². The van der Waals surface area contributed by atoms with Crippen molar-refractivity contribution in [1.29, 1.82) is 0 Å². The summed E-state index contributed by atoms with van der Waals surface area (Å²) in [5.74, 6) is 1.89. The minimum absolute atomic E-state index is 0.386. The fourth-order valence-corrected chi connectivity index (χ4v) is 2.48. The van der Waals surface area contributed by atoms with Crippen molar-refractivity contribution in [1.82, 2.24) is 5.32 Å². The first-order valence-electron chi connectivity index (χ1n) is 7.40. The molecule has 0 aromatic heterocycles. The van der Waals surface area contributed by atoms with Gasteiger partial charge in [0.15, 0.2) is 0 Å². The van der Waals surface area contributed by atoms with Crippen LogP contribution in [0.1, 0.15) is 44.6 Å². The van der Waals surface area contributed by atoms with E-state index in [0.29, 0.717) is 6.10 Å². The lowest BCUT2D eigenvalue weighted by Gasteiger charge is -2.17. The van der Waals surface area contributed by atoms with Crippen molar-refractivity contribution >= 4 is 0 Å². The second-order valence-corrected chi connectivity index (χ2v) is 5.17. The number of hydrogen-bond donors (Lipinski definition) is 1. The van der Waals surface area contributed by atoms with E-state index >= 15 is 0 Å². The molecule has 0 radical (unpaired) electrons. The molecule has 3 heteroatoms. The van der Waals surface area contributed by atoms with Gasteiger partial charge in [0.25, 0.3) is 0 Å². The van der Waals surface area contributed by atoms with Crippen LogP contribution in [0, 0.1) is 0 Å². The Morgan fingerprint density at radius 2 is 2.05 bits per heavy atom. The second-order valence-electron chi connectivity index (χ2n) is 5.17. The highest BCUT2D eigenvalue weighted by Crippen LogP contribution is 2.30. The van der Waals surface area contributed by atoms with Gasteiger partial charge in [-0.25, -0.2) is 0 Å². The Balaban J connectivity index is 2.09.